The van der Waals surface area contributed by atoms with Crippen molar-refractivity contribution in [3.8, 4) is 0 Å². The molecule has 0 atom stereocenters. The summed E-state index contributed by atoms with van der Waals surface area (Å²) in [6.45, 7) is 6.86. The molecular formula is C10H16N2S. The fourth-order valence-electron chi connectivity index (χ4n) is 1.63. The monoisotopic (exact) mass is 196 g/mol. The molecule has 0 aromatic carbocycles. The molecule has 1 aromatic rings. The van der Waals surface area contributed by atoms with E-state index in [4.69, 9.17) is 0 Å². The topological polar surface area (TPSA) is 15.3 Å². The average molecular weight is 196 g/mol. The van der Waals surface area contributed by atoms with Crippen LogP contribution in [0, 0.1) is 0 Å². The van der Waals surface area contributed by atoms with Crippen molar-refractivity contribution in [2.45, 2.75) is 19.5 Å². The van der Waals surface area contributed by atoms with Gasteiger partial charge in [-0.1, -0.05) is 13.0 Å². The van der Waals surface area contributed by atoms with Crippen LogP contribution in [0.25, 0.3) is 0 Å². The molecule has 2 heterocycles. The van der Waals surface area contributed by atoms with E-state index in [9.17, 15) is 0 Å². The predicted molar refractivity (Wildman–Crippen MR) is 57.1 cm³/mol. The summed E-state index contributed by atoms with van der Waals surface area (Å²) in [5.74, 6) is 0. The molecule has 0 radical (unpaired) electrons. The van der Waals surface area contributed by atoms with Crippen molar-refractivity contribution in [3.63, 3.8) is 0 Å². The van der Waals surface area contributed by atoms with Crippen LogP contribution >= 0.6 is 11.3 Å². The van der Waals surface area contributed by atoms with Crippen LogP contribution in [-0.2, 0) is 6.54 Å². The smallest absolute Gasteiger partial charge is 0.0349 e. The zero-order chi connectivity index (χ0) is 9.10. The van der Waals surface area contributed by atoms with Crippen LogP contribution < -0.4 is 5.32 Å². The molecule has 0 saturated carbocycles. The third-order valence-corrected chi connectivity index (χ3v) is 3.48. The molecule has 0 unspecified atom stereocenters. The molecule has 1 N–H and O–H groups in total. The summed E-state index contributed by atoms with van der Waals surface area (Å²) in [6, 6.07) is 5.12. The summed E-state index contributed by atoms with van der Waals surface area (Å²) >= 11 is 1.86. The van der Waals surface area contributed by atoms with Crippen LogP contribution in [0.3, 0.4) is 0 Å². The molecule has 3 heteroatoms. The standard InChI is InChI=1S/C10H16N2S/c1-2-12(9-6-11-7-9)8-10-4-3-5-13-10/h3-5,9,11H,2,6-8H2,1H3. The molecule has 1 aliphatic heterocycles. The number of hydrogen-bond acceptors (Lipinski definition) is 3. The van der Waals surface area contributed by atoms with Crippen molar-refractivity contribution < 1.29 is 0 Å². The lowest BCUT2D eigenvalue weighted by Gasteiger charge is -2.37. The fraction of sp³-hybridized carbons (Fsp3) is 0.600. The number of thiophene rings is 1. The van der Waals surface area contributed by atoms with E-state index in [-0.39, 0.29) is 0 Å². The first-order valence-electron chi connectivity index (χ1n) is 4.87. The summed E-state index contributed by atoms with van der Waals surface area (Å²) in [7, 11) is 0. The van der Waals surface area contributed by atoms with Gasteiger partial charge >= 0.3 is 0 Å². The van der Waals surface area contributed by atoms with Crippen molar-refractivity contribution >= 4 is 11.3 Å². The lowest BCUT2D eigenvalue weighted by atomic mass is 10.1. The molecule has 1 aromatic heterocycles. The average Bonchev–Trinajstić information content (AvgIpc) is 2.52. The van der Waals surface area contributed by atoms with Crippen molar-refractivity contribution in [2.75, 3.05) is 19.6 Å². The number of nitrogens with one attached hydrogen (secondary N) is 1. The van der Waals surface area contributed by atoms with Crippen LogP contribution in [0.4, 0.5) is 0 Å². The van der Waals surface area contributed by atoms with E-state index in [1.165, 1.54) is 18.0 Å². The van der Waals surface area contributed by atoms with Gasteiger partial charge in [-0.2, -0.15) is 0 Å². The molecule has 1 saturated heterocycles. The van der Waals surface area contributed by atoms with E-state index in [0.29, 0.717) is 0 Å². The molecular weight excluding hydrogens is 180 g/mol. The van der Waals surface area contributed by atoms with Gasteiger partial charge in [0.1, 0.15) is 0 Å². The molecule has 0 bridgehead atoms. The second-order valence-electron chi connectivity index (χ2n) is 3.45. The maximum absolute atomic E-state index is 3.32. The van der Waals surface area contributed by atoms with E-state index < -0.39 is 0 Å². The van der Waals surface area contributed by atoms with Crippen molar-refractivity contribution in [1.29, 1.82) is 0 Å². The first-order chi connectivity index (χ1) is 6.40. The Bertz CT molecular complexity index is 241. The highest BCUT2D eigenvalue weighted by atomic mass is 32.1. The van der Waals surface area contributed by atoms with E-state index in [0.717, 1.165) is 19.1 Å². The Morgan fingerprint density at radius 3 is 2.92 bits per heavy atom. The Labute approximate surface area is 83.6 Å². The number of rotatable bonds is 4. The molecule has 2 nitrogen and oxygen atoms in total. The maximum atomic E-state index is 3.32. The summed E-state index contributed by atoms with van der Waals surface area (Å²) in [5, 5.41) is 5.47. The largest absolute Gasteiger partial charge is 0.314 e. The van der Waals surface area contributed by atoms with Crippen LogP contribution in [0.1, 0.15) is 11.8 Å². The van der Waals surface area contributed by atoms with Crippen LogP contribution in [-0.4, -0.2) is 30.6 Å². The van der Waals surface area contributed by atoms with E-state index in [1.807, 2.05) is 11.3 Å². The first kappa shape index (κ1) is 9.19. The number of likely N-dealkylation sites (N-methyl/N-ethyl adjacent to an activating group) is 1. The Morgan fingerprint density at radius 1 is 1.62 bits per heavy atom. The normalized spacial score (nSPS) is 17.7. The molecule has 13 heavy (non-hydrogen) atoms. The van der Waals surface area contributed by atoms with Gasteiger partial charge in [0.15, 0.2) is 0 Å². The van der Waals surface area contributed by atoms with Gasteiger partial charge in [-0.25, -0.2) is 0 Å². The SMILES string of the molecule is CCN(Cc1cccs1)C1CNC1. The van der Waals surface area contributed by atoms with Gasteiger partial charge in [0.05, 0.1) is 0 Å². The zero-order valence-corrected chi connectivity index (χ0v) is 8.81. The second-order valence-corrected chi connectivity index (χ2v) is 4.49. The highest BCUT2D eigenvalue weighted by Gasteiger charge is 2.23. The van der Waals surface area contributed by atoms with Gasteiger partial charge in [0.2, 0.25) is 0 Å². The van der Waals surface area contributed by atoms with Crippen LogP contribution in [0.2, 0.25) is 0 Å². The minimum Gasteiger partial charge on any atom is -0.314 e. The summed E-state index contributed by atoms with van der Waals surface area (Å²) in [6.07, 6.45) is 0. The van der Waals surface area contributed by atoms with Gasteiger partial charge in [-0.05, 0) is 18.0 Å². The van der Waals surface area contributed by atoms with Gasteiger partial charge in [-0.3, -0.25) is 4.90 Å². The molecule has 0 spiro atoms. The summed E-state index contributed by atoms with van der Waals surface area (Å²) in [4.78, 5) is 4.02. The fourth-order valence-corrected chi connectivity index (χ4v) is 2.36. The minimum atomic E-state index is 0.770. The highest BCUT2D eigenvalue weighted by molar-refractivity contribution is 7.09. The number of nitrogens with zero attached hydrogens (tertiary/aromatic N) is 1. The molecule has 0 amide bonds. The Morgan fingerprint density at radius 2 is 2.46 bits per heavy atom. The summed E-state index contributed by atoms with van der Waals surface area (Å²) in [5.41, 5.74) is 0. The van der Waals surface area contributed by atoms with Gasteiger partial charge in [0, 0.05) is 30.6 Å². The minimum absolute atomic E-state index is 0.770. The van der Waals surface area contributed by atoms with E-state index in [1.54, 1.807) is 0 Å². The number of hydrogen-bond donors (Lipinski definition) is 1. The Kier molecular flexibility index (Phi) is 2.98. The molecule has 72 valence electrons. The molecule has 0 aliphatic carbocycles. The third kappa shape index (κ3) is 2.10. The van der Waals surface area contributed by atoms with Crippen molar-refractivity contribution in [1.82, 2.24) is 10.2 Å². The molecule has 2 rings (SSSR count). The van der Waals surface area contributed by atoms with Gasteiger partial charge in [0.25, 0.3) is 0 Å². The molecule has 1 fully saturated rings. The Balaban J connectivity index is 1.90. The lowest BCUT2D eigenvalue weighted by molar-refractivity contribution is 0.146. The van der Waals surface area contributed by atoms with Gasteiger partial charge in [-0.15, -0.1) is 11.3 Å². The van der Waals surface area contributed by atoms with Crippen molar-refractivity contribution in [2.24, 2.45) is 0 Å². The molecule has 1 aliphatic rings. The van der Waals surface area contributed by atoms with E-state index in [2.05, 4.69) is 34.7 Å². The van der Waals surface area contributed by atoms with Crippen LogP contribution in [0.15, 0.2) is 17.5 Å². The maximum Gasteiger partial charge on any atom is 0.0349 e. The van der Waals surface area contributed by atoms with Crippen LogP contribution in [0.5, 0.6) is 0 Å². The quantitative estimate of drug-likeness (QED) is 0.786. The van der Waals surface area contributed by atoms with E-state index >= 15 is 0 Å². The third-order valence-electron chi connectivity index (χ3n) is 2.62. The summed E-state index contributed by atoms with van der Waals surface area (Å²) < 4.78 is 0. The van der Waals surface area contributed by atoms with Gasteiger partial charge < -0.3 is 5.32 Å². The Hall–Kier alpha value is -0.380. The van der Waals surface area contributed by atoms with Crippen molar-refractivity contribution in [3.05, 3.63) is 22.4 Å². The zero-order valence-electron chi connectivity index (χ0n) is 7.99. The lowest BCUT2D eigenvalue weighted by Crippen LogP contribution is -2.56. The predicted octanol–water partition coefficient (Wildman–Crippen LogP) is 1.54. The first-order valence-corrected chi connectivity index (χ1v) is 5.75. The highest BCUT2D eigenvalue weighted by Crippen LogP contribution is 2.15. The second kappa shape index (κ2) is 4.22.